The van der Waals surface area contributed by atoms with Crippen molar-refractivity contribution in [1.29, 1.82) is 0 Å². The first-order valence-corrected chi connectivity index (χ1v) is 34.1. The van der Waals surface area contributed by atoms with Crippen molar-refractivity contribution in [2.45, 2.75) is 75.1 Å². The maximum atomic E-state index is 11.0. The molecule has 6 aromatic carbocycles. The van der Waals surface area contributed by atoms with Gasteiger partial charge in [-0.2, -0.15) is 0 Å². The van der Waals surface area contributed by atoms with Gasteiger partial charge in [0.2, 0.25) is 0 Å². The van der Waals surface area contributed by atoms with Crippen LogP contribution in [-0.4, -0.2) is 238 Å². The van der Waals surface area contributed by atoms with Crippen molar-refractivity contribution in [3.05, 3.63) is 143 Å². The molecule has 0 aromatic heterocycles. The van der Waals surface area contributed by atoms with E-state index in [0.717, 1.165) is 16.7 Å². The molecule has 0 aliphatic carbocycles. The Hall–Kier alpha value is -6.53. The van der Waals surface area contributed by atoms with Crippen LogP contribution < -0.4 is 95.6 Å². The van der Waals surface area contributed by atoms with Crippen molar-refractivity contribution in [3.63, 3.8) is 0 Å². The van der Waals surface area contributed by atoms with Gasteiger partial charge in [-0.1, -0.05) is 72.8 Å². The third-order valence-corrected chi connectivity index (χ3v) is 16.3. The first kappa shape index (κ1) is 88.1. The lowest BCUT2D eigenvalue weighted by atomic mass is 9.67. The third kappa shape index (κ3) is 24.5. The van der Waals surface area contributed by atoms with Gasteiger partial charge in [0, 0.05) is 150 Å². The van der Waals surface area contributed by atoms with Crippen LogP contribution in [0.15, 0.2) is 109 Å². The normalized spacial score (nSPS) is 15.5. The Labute approximate surface area is 606 Å². The molecular weight excluding hydrogens is 1360 g/mol. The Morgan fingerprint density at radius 1 is 0.356 bits per heavy atom. The zero-order chi connectivity index (χ0) is 74.8. The van der Waals surface area contributed by atoms with Crippen LogP contribution in [0.5, 0.6) is 34.5 Å². The van der Waals surface area contributed by atoms with Gasteiger partial charge in [-0.05, 0) is 69.8 Å². The van der Waals surface area contributed by atoms with E-state index in [1.54, 1.807) is 72.8 Å². The highest BCUT2D eigenvalue weighted by Crippen LogP contribution is 2.30. The van der Waals surface area contributed by atoms with Gasteiger partial charge < -0.3 is 162 Å². The van der Waals surface area contributed by atoms with Crippen LogP contribution in [0.2, 0.25) is 0 Å². The van der Waals surface area contributed by atoms with Crippen LogP contribution in [0, 0.1) is 0 Å². The van der Waals surface area contributed by atoms with Crippen molar-refractivity contribution >= 4 is 75.5 Å². The molecule has 3 aliphatic rings. The standard InChI is InChI=1S/C22H34B2N2O9.C22H32B2N2O8.2C11H16BNO4.H2O/c25-13-17(29)15-5-1-7-19(33-11-3-9-27)21(15)23(31)35-24(32)22-16(18(30)14-26)6-2-8-20(22)34-12-4-10-28;25-13-17(28)15-5-1-7-18(31-10-3-9-27)21(15)23(29)33-12-4-11-32-19-8-2-6-16-20(14-26)34-24(30)22(16)19;2*13-7-10-8-3-1-4-9(16-6-2-5-14)11(8)12(15)17-10;/h1-2,5-8,17-18,27-32H,3-4,9-14,25-26H2;1-2,5-8,17,20,27-30H,3-4,9-14,25-26H2;2*1,3-4,10,14-15H,2,5-7,13H2;1H2. The number of aliphatic hydroxyl groups is 8. The Balaban J connectivity index is 0.000000261. The quantitative estimate of drug-likeness (QED) is 0.0126. The maximum Gasteiger partial charge on any atom is 0.495 e. The molecule has 9 rings (SSSR count). The second kappa shape index (κ2) is 47.2. The average molecular weight is 1460 g/mol. The topological polar surface area (TPSA) is 572 Å². The smallest absolute Gasteiger partial charge is 0.494 e. The summed E-state index contributed by atoms with van der Waals surface area (Å²) in [6.45, 7) is 2.29. The van der Waals surface area contributed by atoms with E-state index in [1.807, 2.05) is 36.4 Å². The number of ether oxygens (including phenoxy) is 6. The van der Waals surface area contributed by atoms with Crippen molar-refractivity contribution in [2.24, 2.45) is 34.4 Å². The number of fused-ring (bicyclic) bond motifs is 3. The molecule has 6 atom stereocenters. The summed E-state index contributed by atoms with van der Waals surface area (Å²) >= 11 is 0. The van der Waals surface area contributed by atoms with Gasteiger partial charge >= 0.3 is 42.7 Å². The number of benzene rings is 6. The van der Waals surface area contributed by atoms with Crippen LogP contribution in [0.4, 0.5) is 0 Å². The van der Waals surface area contributed by atoms with Crippen molar-refractivity contribution in [2.75, 3.05) is 119 Å². The summed E-state index contributed by atoms with van der Waals surface area (Å²) in [5, 5.41) is 138. The second-order valence-electron chi connectivity index (χ2n) is 23.3. The van der Waals surface area contributed by atoms with Gasteiger partial charge in [0.1, 0.15) is 34.5 Å². The molecule has 28 N–H and O–H groups in total. The molecule has 3 heterocycles. The summed E-state index contributed by atoms with van der Waals surface area (Å²) < 4.78 is 61.1. The van der Waals surface area contributed by atoms with E-state index in [-0.39, 0.29) is 150 Å². The molecule has 32 nitrogen and oxygen atoms in total. The SMILES string of the molecule is NCC(O)c1cccc(OCCCO)c1B(O)OB(O)c1c(OCCCO)cccc1C(O)CN.NCC(O)c1cccc(OCCCO)c1B(O)OCCCOc1cccc2c1B(O)OC2CN.NCC1OB(O)c2c(OCCCO)cccc21.NCC1OB(O)c2c(OCCCO)cccc21.O. The summed E-state index contributed by atoms with van der Waals surface area (Å²) in [5.41, 5.74) is 39.4. The lowest BCUT2D eigenvalue weighted by molar-refractivity contribution is 0.185. The zero-order valence-corrected chi connectivity index (χ0v) is 58.0. The number of hydrogen-bond donors (Lipinski definition) is 20. The van der Waals surface area contributed by atoms with Crippen LogP contribution in [0.25, 0.3) is 0 Å². The number of aliphatic hydroxyl groups excluding tert-OH is 8. The third-order valence-electron chi connectivity index (χ3n) is 16.3. The fourth-order valence-electron chi connectivity index (χ4n) is 11.3. The molecule has 0 saturated carbocycles. The predicted octanol–water partition coefficient (Wildman–Crippen LogP) is -6.88. The van der Waals surface area contributed by atoms with Gasteiger partial charge in [-0.3, -0.25) is 0 Å². The fraction of sp³-hybridized carbons (Fsp3) is 0.455. The molecule has 3 aliphatic heterocycles. The zero-order valence-electron chi connectivity index (χ0n) is 58.0. The van der Waals surface area contributed by atoms with E-state index in [0.29, 0.717) is 115 Å². The Morgan fingerprint density at radius 3 is 0.875 bits per heavy atom. The molecule has 568 valence electrons. The van der Waals surface area contributed by atoms with Crippen LogP contribution in [0.1, 0.15) is 109 Å². The molecule has 0 radical (unpaired) electrons. The van der Waals surface area contributed by atoms with Crippen molar-refractivity contribution in [1.82, 2.24) is 0 Å². The largest absolute Gasteiger partial charge is 0.495 e. The van der Waals surface area contributed by atoms with Crippen LogP contribution in [0.3, 0.4) is 0 Å². The lowest BCUT2D eigenvalue weighted by Gasteiger charge is -2.23. The predicted molar refractivity (Wildman–Crippen MR) is 392 cm³/mol. The van der Waals surface area contributed by atoms with E-state index >= 15 is 0 Å². The lowest BCUT2D eigenvalue weighted by Crippen LogP contribution is -2.48. The Morgan fingerprint density at radius 2 is 0.606 bits per heavy atom. The van der Waals surface area contributed by atoms with Gasteiger partial charge in [-0.15, -0.1) is 0 Å². The summed E-state index contributed by atoms with van der Waals surface area (Å²) in [7, 11) is -7.97. The molecule has 104 heavy (non-hydrogen) atoms. The van der Waals surface area contributed by atoms with E-state index in [9.17, 15) is 45.5 Å². The molecular formula is C66H100B6N6O26. The summed E-state index contributed by atoms with van der Waals surface area (Å²) in [6, 6.07) is 30.8. The minimum Gasteiger partial charge on any atom is -0.494 e. The Kier molecular flexibility index (Phi) is 40.0. The monoisotopic (exact) mass is 1460 g/mol. The molecule has 6 unspecified atom stereocenters. The number of rotatable bonds is 40. The number of nitrogens with two attached hydrogens (primary N) is 6. The minimum absolute atomic E-state index is 0. The van der Waals surface area contributed by atoms with Crippen molar-refractivity contribution < 1.29 is 128 Å². The molecule has 0 amide bonds. The van der Waals surface area contributed by atoms with Crippen molar-refractivity contribution in [3.8, 4) is 34.5 Å². The first-order valence-electron chi connectivity index (χ1n) is 34.1. The highest BCUT2D eigenvalue weighted by molar-refractivity contribution is 6.74. The van der Waals surface area contributed by atoms with Gasteiger partial charge in [0.05, 0.1) is 76.3 Å². The molecule has 6 aromatic rings. The summed E-state index contributed by atoms with van der Waals surface area (Å²) in [6.07, 6.45) is -1.56. The van der Waals surface area contributed by atoms with E-state index in [1.165, 1.54) is 0 Å². The molecule has 0 bridgehead atoms. The second-order valence-corrected chi connectivity index (χ2v) is 23.3. The van der Waals surface area contributed by atoms with Crippen LogP contribution >= 0.6 is 0 Å². The number of hydrogen-bond acceptors (Lipinski definition) is 31. The molecule has 0 saturated heterocycles. The van der Waals surface area contributed by atoms with Gasteiger partial charge in [0.25, 0.3) is 0 Å². The first-order chi connectivity index (χ1) is 49.9. The molecule has 0 fully saturated rings. The van der Waals surface area contributed by atoms with Gasteiger partial charge in [0.15, 0.2) is 0 Å². The molecule has 0 spiro atoms. The van der Waals surface area contributed by atoms with E-state index < -0.39 is 61.0 Å². The molecule has 38 heteroatoms. The van der Waals surface area contributed by atoms with E-state index in [2.05, 4.69) is 0 Å². The summed E-state index contributed by atoms with van der Waals surface area (Å²) in [5.74, 6) is 2.41. The Bertz CT molecular complexity index is 3310. The van der Waals surface area contributed by atoms with Crippen LogP contribution in [-0.2, 0) is 23.2 Å². The highest BCUT2D eigenvalue weighted by atomic mass is 16.6. The maximum absolute atomic E-state index is 11.0. The average Bonchev–Trinajstić information content (AvgIpc) is 1.56. The fourth-order valence-corrected chi connectivity index (χ4v) is 11.3. The summed E-state index contributed by atoms with van der Waals surface area (Å²) in [4.78, 5) is 0. The minimum atomic E-state index is -1.78. The highest BCUT2D eigenvalue weighted by Gasteiger charge is 2.41. The van der Waals surface area contributed by atoms with Gasteiger partial charge in [-0.25, -0.2) is 0 Å². The van der Waals surface area contributed by atoms with E-state index in [4.69, 9.17) is 112 Å².